The van der Waals surface area contributed by atoms with Crippen LogP contribution in [0.1, 0.15) is 32.8 Å². The normalized spacial score (nSPS) is 12.0. The number of benzene rings is 3. The van der Waals surface area contributed by atoms with E-state index in [4.69, 9.17) is 9.15 Å². The van der Waals surface area contributed by atoms with E-state index in [1.54, 1.807) is 19.4 Å². The zero-order valence-corrected chi connectivity index (χ0v) is 19.1. The molecule has 0 bridgehead atoms. The molecule has 4 aromatic rings. The molecule has 0 saturated carbocycles. The fourth-order valence-electron chi connectivity index (χ4n) is 4.01. The summed E-state index contributed by atoms with van der Waals surface area (Å²) >= 11 is 0. The van der Waals surface area contributed by atoms with E-state index in [0.717, 1.165) is 39.7 Å². The van der Waals surface area contributed by atoms with E-state index in [-0.39, 0.29) is 5.91 Å². The van der Waals surface area contributed by atoms with Gasteiger partial charge >= 0.3 is 0 Å². The Bertz CT molecular complexity index is 1290. The average molecular weight is 428 g/mol. The van der Waals surface area contributed by atoms with Gasteiger partial charge in [0, 0.05) is 35.2 Å². The Morgan fingerprint density at radius 3 is 2.62 bits per heavy atom. The van der Waals surface area contributed by atoms with Crippen molar-refractivity contribution in [2.45, 2.75) is 27.2 Å². The highest BCUT2D eigenvalue weighted by Crippen LogP contribution is 2.39. The van der Waals surface area contributed by atoms with Gasteiger partial charge in [0.1, 0.15) is 11.3 Å². The van der Waals surface area contributed by atoms with Crippen LogP contribution in [-0.4, -0.2) is 19.6 Å². The van der Waals surface area contributed by atoms with Gasteiger partial charge in [0.05, 0.1) is 13.4 Å². The summed E-state index contributed by atoms with van der Waals surface area (Å²) in [7, 11) is 1.63. The number of carbonyl (C=O) groups excluding carboxylic acids is 1. The van der Waals surface area contributed by atoms with E-state index in [0.29, 0.717) is 18.2 Å². The third kappa shape index (κ3) is 4.40. The zero-order valence-electron chi connectivity index (χ0n) is 19.1. The van der Waals surface area contributed by atoms with Gasteiger partial charge in [0.15, 0.2) is 0 Å². The lowest BCUT2D eigenvalue weighted by Crippen LogP contribution is -2.23. The first-order valence-electron chi connectivity index (χ1n) is 11.0. The Hall–Kier alpha value is -3.53. The van der Waals surface area contributed by atoms with Crippen molar-refractivity contribution in [2.24, 2.45) is 5.92 Å². The van der Waals surface area contributed by atoms with Gasteiger partial charge in [-0.05, 0) is 47.2 Å². The smallest absolute Gasteiger partial charge is 0.244 e. The van der Waals surface area contributed by atoms with Crippen molar-refractivity contribution >= 4 is 33.2 Å². The lowest BCUT2D eigenvalue weighted by molar-refractivity contribution is -0.116. The van der Waals surface area contributed by atoms with E-state index in [1.165, 1.54) is 10.8 Å². The van der Waals surface area contributed by atoms with Crippen molar-refractivity contribution < 1.29 is 13.9 Å². The Morgan fingerprint density at radius 2 is 1.84 bits per heavy atom. The van der Waals surface area contributed by atoms with Crippen LogP contribution in [0.15, 0.2) is 71.4 Å². The Kier molecular flexibility index (Phi) is 6.31. The first-order valence-corrected chi connectivity index (χ1v) is 11.0. The highest BCUT2D eigenvalue weighted by Gasteiger charge is 2.16. The number of carbonyl (C=O) groups is 1. The van der Waals surface area contributed by atoms with Gasteiger partial charge in [0.25, 0.3) is 0 Å². The minimum Gasteiger partial charge on any atom is -0.496 e. The number of hydrogen-bond donors (Lipinski definition) is 1. The highest BCUT2D eigenvalue weighted by molar-refractivity contribution is 6.06. The van der Waals surface area contributed by atoms with Crippen LogP contribution >= 0.6 is 0 Å². The molecule has 0 fully saturated rings. The molecule has 0 aliphatic heterocycles. The van der Waals surface area contributed by atoms with E-state index in [2.05, 4.69) is 55.6 Å². The van der Waals surface area contributed by atoms with Crippen LogP contribution in [0.2, 0.25) is 0 Å². The van der Waals surface area contributed by atoms with Crippen molar-refractivity contribution in [3.63, 3.8) is 0 Å². The van der Waals surface area contributed by atoms with Crippen LogP contribution in [0.3, 0.4) is 0 Å². The molecule has 0 atom stereocenters. The van der Waals surface area contributed by atoms with Crippen molar-refractivity contribution in [2.75, 3.05) is 13.7 Å². The quantitative estimate of drug-likeness (QED) is 0.329. The Labute approximate surface area is 188 Å². The van der Waals surface area contributed by atoms with Gasteiger partial charge in [0.2, 0.25) is 5.91 Å². The van der Waals surface area contributed by atoms with E-state index in [9.17, 15) is 4.79 Å². The molecular formula is C28H29NO3. The third-order valence-corrected chi connectivity index (χ3v) is 5.77. The molecule has 164 valence electrons. The molecule has 4 nitrogen and oxygen atoms in total. The SMILES string of the molecule is COc1cc2occ(-c3cccc4ccccc34)c2cc1/C(C)=C/C(=O)NCCC(C)C. The molecule has 0 aliphatic carbocycles. The summed E-state index contributed by atoms with van der Waals surface area (Å²) < 4.78 is 11.5. The summed E-state index contributed by atoms with van der Waals surface area (Å²) in [5, 5.41) is 6.31. The number of nitrogens with one attached hydrogen (secondary N) is 1. The van der Waals surface area contributed by atoms with Crippen LogP contribution in [0.25, 0.3) is 38.4 Å². The molecule has 0 aliphatic rings. The second kappa shape index (κ2) is 9.31. The van der Waals surface area contributed by atoms with Crippen LogP contribution in [0.5, 0.6) is 5.75 Å². The summed E-state index contributed by atoms with van der Waals surface area (Å²) in [5.74, 6) is 1.14. The number of rotatable bonds is 7. The van der Waals surface area contributed by atoms with E-state index in [1.807, 2.05) is 25.1 Å². The predicted octanol–water partition coefficient (Wildman–Crippen LogP) is 6.83. The lowest BCUT2D eigenvalue weighted by atomic mass is 9.96. The topological polar surface area (TPSA) is 51.5 Å². The highest BCUT2D eigenvalue weighted by atomic mass is 16.5. The molecule has 1 heterocycles. The summed E-state index contributed by atoms with van der Waals surface area (Å²) in [5.41, 5.74) is 4.61. The van der Waals surface area contributed by atoms with Gasteiger partial charge in [-0.2, -0.15) is 0 Å². The maximum atomic E-state index is 12.4. The molecule has 4 rings (SSSR count). The molecule has 4 heteroatoms. The summed E-state index contributed by atoms with van der Waals surface area (Å²) in [4.78, 5) is 12.4. The molecule has 1 aromatic heterocycles. The standard InChI is InChI=1S/C28H29NO3/c1-18(2)12-13-29-28(30)14-19(3)23-15-24-25(17-32-27(24)16-26(23)31-4)22-11-7-9-20-8-5-6-10-21(20)22/h5-11,14-18H,12-13H2,1-4H3,(H,29,30)/b19-14+. The predicted molar refractivity (Wildman–Crippen MR) is 132 cm³/mol. The maximum absolute atomic E-state index is 12.4. The fourth-order valence-corrected chi connectivity index (χ4v) is 4.01. The number of methoxy groups -OCH3 is 1. The van der Waals surface area contributed by atoms with Crippen LogP contribution in [0, 0.1) is 5.92 Å². The molecule has 0 saturated heterocycles. The van der Waals surface area contributed by atoms with Crippen LogP contribution in [-0.2, 0) is 4.79 Å². The second-order valence-corrected chi connectivity index (χ2v) is 8.53. The molecule has 0 radical (unpaired) electrons. The maximum Gasteiger partial charge on any atom is 0.244 e. The first kappa shape index (κ1) is 21.7. The Morgan fingerprint density at radius 1 is 1.06 bits per heavy atom. The molecule has 0 spiro atoms. The zero-order chi connectivity index (χ0) is 22.7. The monoisotopic (exact) mass is 427 g/mol. The summed E-state index contributed by atoms with van der Waals surface area (Å²) in [6.45, 7) is 6.89. The molecule has 1 N–H and O–H groups in total. The molecule has 32 heavy (non-hydrogen) atoms. The average Bonchev–Trinajstić information content (AvgIpc) is 3.20. The lowest BCUT2D eigenvalue weighted by Gasteiger charge is -2.11. The second-order valence-electron chi connectivity index (χ2n) is 8.53. The number of amides is 1. The molecule has 3 aromatic carbocycles. The van der Waals surface area contributed by atoms with Crippen LogP contribution in [0.4, 0.5) is 0 Å². The number of fused-ring (bicyclic) bond motifs is 2. The molecule has 1 amide bonds. The molecular weight excluding hydrogens is 398 g/mol. The Balaban J connectivity index is 1.76. The number of ether oxygens (including phenoxy) is 1. The third-order valence-electron chi connectivity index (χ3n) is 5.77. The minimum atomic E-state index is -0.0910. The van der Waals surface area contributed by atoms with Crippen molar-refractivity contribution in [3.05, 3.63) is 72.5 Å². The van der Waals surface area contributed by atoms with Crippen molar-refractivity contribution in [1.82, 2.24) is 5.32 Å². The minimum absolute atomic E-state index is 0.0910. The number of allylic oxidation sites excluding steroid dienone is 1. The van der Waals surface area contributed by atoms with Gasteiger partial charge < -0.3 is 14.5 Å². The summed E-state index contributed by atoms with van der Waals surface area (Å²) in [6.07, 6.45) is 4.40. The number of hydrogen-bond acceptors (Lipinski definition) is 3. The van der Waals surface area contributed by atoms with Gasteiger partial charge in [-0.25, -0.2) is 0 Å². The van der Waals surface area contributed by atoms with Crippen molar-refractivity contribution in [3.8, 4) is 16.9 Å². The number of furan rings is 1. The largest absolute Gasteiger partial charge is 0.496 e. The van der Waals surface area contributed by atoms with Gasteiger partial charge in [-0.3, -0.25) is 4.79 Å². The van der Waals surface area contributed by atoms with E-state index < -0.39 is 0 Å². The van der Waals surface area contributed by atoms with Gasteiger partial charge in [-0.1, -0.05) is 56.3 Å². The van der Waals surface area contributed by atoms with Gasteiger partial charge in [-0.15, -0.1) is 0 Å². The fraction of sp³-hybridized carbons (Fsp3) is 0.250. The van der Waals surface area contributed by atoms with Crippen LogP contribution < -0.4 is 10.1 Å². The van der Waals surface area contributed by atoms with E-state index >= 15 is 0 Å². The van der Waals surface area contributed by atoms with Crippen molar-refractivity contribution in [1.29, 1.82) is 0 Å². The molecule has 0 unspecified atom stereocenters. The summed E-state index contributed by atoms with van der Waals surface area (Å²) in [6, 6.07) is 18.6. The first-order chi connectivity index (χ1) is 15.5.